The fourth-order valence-corrected chi connectivity index (χ4v) is 13.2. The van der Waals surface area contributed by atoms with Crippen LogP contribution in [-0.4, -0.2) is 12.3 Å². The van der Waals surface area contributed by atoms with E-state index in [1.807, 2.05) is 12.1 Å². The molecule has 0 fully saturated rings. The molecule has 1 aliphatic rings. The Bertz CT molecular complexity index is 1150. The van der Waals surface area contributed by atoms with Crippen LogP contribution in [0.2, 0.25) is 0 Å². The monoisotopic (exact) mass is 500 g/mol. The van der Waals surface area contributed by atoms with Crippen molar-refractivity contribution in [3.8, 4) is 5.75 Å². The molecule has 0 N–H and O–H groups in total. The summed E-state index contributed by atoms with van der Waals surface area (Å²) in [5.41, 5.74) is 2.63. The van der Waals surface area contributed by atoms with Crippen molar-refractivity contribution < 1.29 is 4.74 Å². The summed E-state index contributed by atoms with van der Waals surface area (Å²) < 4.78 is 6.24. The van der Waals surface area contributed by atoms with Crippen LogP contribution >= 0.6 is 20.8 Å². The molecule has 1 atom stereocenters. The molecule has 1 nitrogen and oxygen atoms in total. The van der Waals surface area contributed by atoms with Crippen LogP contribution in [0, 0.1) is 0 Å². The predicted octanol–water partition coefficient (Wildman–Crippen LogP) is 6.69. The Morgan fingerprint density at radius 2 is 1.09 bits per heavy atom. The van der Waals surface area contributed by atoms with Gasteiger partial charge in [0.2, 0.25) is 0 Å². The Balaban J connectivity index is 1.84. The fraction of sp³-hybridized carbons (Fsp3) is 0.103. The van der Waals surface area contributed by atoms with Crippen molar-refractivity contribution in [3.63, 3.8) is 0 Å². The molecule has 1 unspecified atom stereocenters. The van der Waals surface area contributed by atoms with E-state index in [0.717, 1.165) is 11.3 Å². The number of benzene rings is 4. The van der Waals surface area contributed by atoms with Gasteiger partial charge in [0.25, 0.3) is 0 Å². The second-order valence-electron chi connectivity index (χ2n) is 8.30. The van der Waals surface area contributed by atoms with E-state index in [0.29, 0.717) is 6.61 Å². The van der Waals surface area contributed by atoms with Gasteiger partial charge in [-0.25, -0.2) is 0 Å². The van der Waals surface area contributed by atoms with E-state index < -0.39 is 5.31 Å². The zero-order valence-corrected chi connectivity index (χ0v) is 20.5. The van der Waals surface area contributed by atoms with Crippen molar-refractivity contribution in [2.45, 2.75) is 12.6 Å². The Morgan fingerprint density at radius 1 is 0.656 bits per heavy atom. The van der Waals surface area contributed by atoms with Crippen LogP contribution < -0.4 is 20.7 Å². The molecule has 0 amide bonds. The van der Waals surface area contributed by atoms with E-state index in [9.17, 15) is 0 Å². The molecule has 0 spiro atoms. The molecule has 0 aromatic heterocycles. The van der Waals surface area contributed by atoms with Gasteiger partial charge in [-0.15, -0.1) is 0 Å². The standard InChI is InChI=1S/C29H26BrOP/c1-23(25-21-24-13-11-12-20-29(24)31-22-25)32(30,26-14-5-2-6-15-26,27-16-7-3-8-17-27)28-18-9-4-10-19-28/h2-21,23H,22H2,1H3. The molecule has 32 heavy (non-hydrogen) atoms. The van der Waals surface area contributed by atoms with Gasteiger partial charge in [0, 0.05) is 0 Å². The number of rotatable bonds is 5. The van der Waals surface area contributed by atoms with Gasteiger partial charge in [-0.1, -0.05) is 0 Å². The summed E-state index contributed by atoms with van der Waals surface area (Å²) in [6.07, 6.45) is 2.33. The van der Waals surface area contributed by atoms with E-state index in [4.69, 9.17) is 4.74 Å². The average Bonchev–Trinajstić information content (AvgIpc) is 2.89. The second-order valence-corrected chi connectivity index (χ2v) is 17.2. The van der Waals surface area contributed by atoms with Crippen LogP contribution in [0.4, 0.5) is 0 Å². The topological polar surface area (TPSA) is 9.23 Å². The van der Waals surface area contributed by atoms with Crippen LogP contribution in [0.1, 0.15) is 12.5 Å². The third-order valence-corrected chi connectivity index (χ3v) is 17.9. The maximum absolute atomic E-state index is 6.24. The zero-order valence-electron chi connectivity index (χ0n) is 18.1. The van der Waals surface area contributed by atoms with Crippen LogP contribution in [0.3, 0.4) is 0 Å². The molecule has 0 radical (unpaired) electrons. The zero-order chi connectivity index (χ0) is 22.0. The summed E-state index contributed by atoms with van der Waals surface area (Å²) in [4.78, 5) is 0. The molecule has 1 aliphatic heterocycles. The third-order valence-electron chi connectivity index (χ3n) is 6.70. The van der Waals surface area contributed by atoms with Crippen LogP contribution in [-0.2, 0) is 0 Å². The summed E-state index contributed by atoms with van der Waals surface area (Å²) >= 11 is 4.59. The van der Waals surface area contributed by atoms with Gasteiger partial charge in [-0.3, -0.25) is 0 Å². The van der Waals surface area contributed by atoms with Crippen molar-refractivity contribution in [2.75, 3.05) is 6.61 Å². The van der Waals surface area contributed by atoms with E-state index >= 15 is 0 Å². The summed E-state index contributed by atoms with van der Waals surface area (Å²) in [6, 6.07) is 41.2. The van der Waals surface area contributed by atoms with Gasteiger partial charge in [0.05, 0.1) is 0 Å². The first kappa shape index (κ1) is 21.2. The first-order valence-corrected chi connectivity index (χ1v) is 15.3. The minimum absolute atomic E-state index is 0.182. The number of fused-ring (bicyclic) bond motifs is 1. The molecule has 160 valence electrons. The quantitative estimate of drug-likeness (QED) is 0.277. The first-order valence-electron chi connectivity index (χ1n) is 10.9. The average molecular weight is 501 g/mol. The Labute approximate surface area is 198 Å². The van der Waals surface area contributed by atoms with Crippen molar-refractivity contribution in [1.82, 2.24) is 0 Å². The Hall–Kier alpha value is -2.67. The summed E-state index contributed by atoms with van der Waals surface area (Å²) in [6.45, 7) is 2.96. The molecule has 0 bridgehead atoms. The molecule has 5 rings (SSSR count). The van der Waals surface area contributed by atoms with Crippen molar-refractivity contribution in [3.05, 3.63) is 126 Å². The maximum atomic E-state index is 6.24. The molecular weight excluding hydrogens is 475 g/mol. The molecule has 4 aromatic carbocycles. The van der Waals surface area contributed by atoms with Crippen molar-refractivity contribution in [2.24, 2.45) is 0 Å². The number of para-hydroxylation sites is 1. The Morgan fingerprint density at radius 3 is 1.59 bits per heavy atom. The molecular formula is C29H26BrOP. The minimum atomic E-state index is -3.10. The number of hydrogen-bond donors (Lipinski definition) is 0. The molecule has 1 heterocycles. The van der Waals surface area contributed by atoms with Crippen molar-refractivity contribution >= 4 is 42.8 Å². The fourth-order valence-electron chi connectivity index (χ4n) is 4.96. The van der Waals surface area contributed by atoms with Crippen LogP contribution in [0.15, 0.2) is 121 Å². The van der Waals surface area contributed by atoms with Gasteiger partial charge in [-0.2, -0.15) is 0 Å². The van der Waals surface area contributed by atoms with E-state index in [1.165, 1.54) is 21.5 Å². The van der Waals surface area contributed by atoms with Crippen LogP contribution in [0.25, 0.3) is 6.08 Å². The first-order chi connectivity index (χ1) is 15.6. The molecule has 0 aliphatic carbocycles. The predicted molar refractivity (Wildman–Crippen MR) is 143 cm³/mol. The van der Waals surface area contributed by atoms with E-state index in [2.05, 4.69) is 132 Å². The van der Waals surface area contributed by atoms with E-state index in [1.54, 1.807) is 0 Å². The van der Waals surface area contributed by atoms with Gasteiger partial charge in [0.15, 0.2) is 0 Å². The van der Waals surface area contributed by atoms with E-state index in [-0.39, 0.29) is 5.66 Å². The molecule has 3 heteroatoms. The van der Waals surface area contributed by atoms with Gasteiger partial charge < -0.3 is 0 Å². The number of hydrogen-bond acceptors (Lipinski definition) is 1. The molecule has 0 saturated heterocycles. The summed E-state index contributed by atoms with van der Waals surface area (Å²) in [5.74, 6) is 0.956. The number of ether oxygens (including phenoxy) is 1. The van der Waals surface area contributed by atoms with Gasteiger partial charge in [-0.05, 0) is 0 Å². The normalized spacial score (nSPS) is 15.4. The second kappa shape index (κ2) is 8.35. The Kier molecular flexibility index (Phi) is 5.53. The molecule has 4 aromatic rings. The van der Waals surface area contributed by atoms with Gasteiger partial charge >= 0.3 is 199 Å². The van der Waals surface area contributed by atoms with Crippen LogP contribution in [0.5, 0.6) is 5.75 Å². The summed E-state index contributed by atoms with van der Waals surface area (Å²) in [7, 11) is 0. The number of halogens is 1. The van der Waals surface area contributed by atoms with Crippen molar-refractivity contribution in [1.29, 1.82) is 0 Å². The van der Waals surface area contributed by atoms with Gasteiger partial charge in [0.1, 0.15) is 0 Å². The molecule has 0 saturated carbocycles. The third kappa shape index (κ3) is 3.17. The summed E-state index contributed by atoms with van der Waals surface area (Å²) in [5, 5.41) is 0.872. The SMILES string of the molecule is CC(C1=Cc2ccccc2OC1)P(Br)(c1ccccc1)(c1ccccc1)c1ccccc1.